The number of hydrogen-bond acceptors (Lipinski definition) is 2. The monoisotopic (exact) mass is 270 g/mol. The molecule has 0 spiro atoms. The van der Waals surface area contributed by atoms with Crippen molar-refractivity contribution in [2.45, 2.75) is 6.42 Å². The number of nitrogens with one attached hydrogen (secondary N) is 1. The van der Waals surface area contributed by atoms with Crippen molar-refractivity contribution < 1.29 is 4.39 Å². The summed E-state index contributed by atoms with van der Waals surface area (Å²) in [6.45, 7) is 5.43. The first-order chi connectivity index (χ1) is 8.34. The van der Waals surface area contributed by atoms with E-state index in [0.29, 0.717) is 0 Å². The first-order valence-electron chi connectivity index (χ1n) is 6.20. The maximum Gasteiger partial charge on any atom is 0.123 e. The standard InChI is InChI=1S/C14H19FN2.ClH/c15-14-6-4-13(5-7-14)3-1-10-17-11-2-8-16-9-12-17;/h1,3-7,16H,2,8-12H2;1H. The third-order valence-electron chi connectivity index (χ3n) is 2.98. The second kappa shape index (κ2) is 8.25. The molecule has 1 aromatic carbocycles. The molecular formula is C14H20ClFN2. The van der Waals surface area contributed by atoms with E-state index in [1.807, 2.05) is 0 Å². The Bertz CT molecular complexity index is 357. The molecule has 2 nitrogen and oxygen atoms in total. The smallest absolute Gasteiger partial charge is 0.123 e. The van der Waals surface area contributed by atoms with Gasteiger partial charge in [0.1, 0.15) is 5.82 Å². The van der Waals surface area contributed by atoms with E-state index < -0.39 is 0 Å². The van der Waals surface area contributed by atoms with Crippen LogP contribution >= 0.6 is 12.4 Å². The van der Waals surface area contributed by atoms with E-state index in [-0.39, 0.29) is 18.2 Å². The zero-order valence-electron chi connectivity index (χ0n) is 10.4. The van der Waals surface area contributed by atoms with Crippen LogP contribution in [0.25, 0.3) is 6.08 Å². The number of hydrogen-bond donors (Lipinski definition) is 1. The normalized spacial score (nSPS) is 17.4. The number of nitrogens with zero attached hydrogens (tertiary/aromatic N) is 1. The quantitative estimate of drug-likeness (QED) is 0.908. The van der Waals surface area contributed by atoms with Crippen LogP contribution in [-0.4, -0.2) is 37.6 Å². The molecule has 0 aliphatic carbocycles. The van der Waals surface area contributed by atoms with Gasteiger partial charge in [0.25, 0.3) is 0 Å². The van der Waals surface area contributed by atoms with Crippen LogP contribution in [0.1, 0.15) is 12.0 Å². The molecule has 2 rings (SSSR count). The summed E-state index contributed by atoms with van der Waals surface area (Å²) in [7, 11) is 0. The summed E-state index contributed by atoms with van der Waals surface area (Å²) >= 11 is 0. The van der Waals surface area contributed by atoms with E-state index in [1.165, 1.54) is 18.6 Å². The van der Waals surface area contributed by atoms with Gasteiger partial charge in [-0.15, -0.1) is 12.4 Å². The largest absolute Gasteiger partial charge is 0.315 e. The number of benzene rings is 1. The van der Waals surface area contributed by atoms with Crippen LogP contribution in [0.5, 0.6) is 0 Å². The van der Waals surface area contributed by atoms with Gasteiger partial charge in [-0.2, -0.15) is 0 Å². The molecular weight excluding hydrogens is 251 g/mol. The predicted octanol–water partition coefficient (Wildman–Crippen LogP) is 2.56. The van der Waals surface area contributed by atoms with Crippen molar-refractivity contribution in [1.29, 1.82) is 0 Å². The van der Waals surface area contributed by atoms with E-state index >= 15 is 0 Å². The lowest BCUT2D eigenvalue weighted by atomic mass is 10.2. The van der Waals surface area contributed by atoms with Gasteiger partial charge in [-0.25, -0.2) is 4.39 Å². The molecule has 0 radical (unpaired) electrons. The molecule has 1 saturated heterocycles. The zero-order chi connectivity index (χ0) is 11.9. The highest BCUT2D eigenvalue weighted by atomic mass is 35.5. The SMILES string of the molecule is Cl.Fc1ccc(C=CCN2CCCNCC2)cc1. The fraction of sp³-hybridized carbons (Fsp3) is 0.429. The van der Waals surface area contributed by atoms with Crippen LogP contribution in [0.2, 0.25) is 0 Å². The van der Waals surface area contributed by atoms with Crippen LogP contribution in [0.4, 0.5) is 4.39 Å². The lowest BCUT2D eigenvalue weighted by Gasteiger charge is -2.16. The highest BCUT2D eigenvalue weighted by Crippen LogP contribution is 2.05. The van der Waals surface area contributed by atoms with E-state index in [0.717, 1.165) is 38.3 Å². The fourth-order valence-corrected chi connectivity index (χ4v) is 2.00. The lowest BCUT2D eigenvalue weighted by Crippen LogP contribution is -2.28. The summed E-state index contributed by atoms with van der Waals surface area (Å²) in [5.41, 5.74) is 1.05. The third kappa shape index (κ3) is 5.17. The minimum absolute atomic E-state index is 0. The molecule has 0 unspecified atom stereocenters. The Morgan fingerprint density at radius 3 is 2.72 bits per heavy atom. The van der Waals surface area contributed by atoms with Crippen molar-refractivity contribution in [3.05, 3.63) is 41.7 Å². The molecule has 0 bridgehead atoms. The molecule has 0 saturated carbocycles. The lowest BCUT2D eigenvalue weighted by molar-refractivity contribution is 0.324. The molecule has 1 fully saturated rings. The average Bonchev–Trinajstić information content (AvgIpc) is 2.60. The molecule has 1 aliphatic heterocycles. The topological polar surface area (TPSA) is 15.3 Å². The highest BCUT2D eigenvalue weighted by Gasteiger charge is 2.05. The summed E-state index contributed by atoms with van der Waals surface area (Å²) in [6, 6.07) is 6.59. The van der Waals surface area contributed by atoms with Crippen LogP contribution in [0, 0.1) is 5.82 Å². The highest BCUT2D eigenvalue weighted by molar-refractivity contribution is 5.85. The fourth-order valence-electron chi connectivity index (χ4n) is 2.00. The Morgan fingerprint density at radius 1 is 1.17 bits per heavy atom. The first-order valence-corrected chi connectivity index (χ1v) is 6.20. The van der Waals surface area contributed by atoms with Crippen LogP contribution < -0.4 is 5.32 Å². The van der Waals surface area contributed by atoms with Gasteiger partial charge in [0, 0.05) is 19.6 Å². The van der Waals surface area contributed by atoms with Crippen molar-refractivity contribution in [2.24, 2.45) is 0 Å². The van der Waals surface area contributed by atoms with Gasteiger partial charge in [0.2, 0.25) is 0 Å². The molecule has 1 N–H and O–H groups in total. The Balaban J connectivity index is 0.00000162. The first kappa shape index (κ1) is 15.2. The van der Waals surface area contributed by atoms with Gasteiger partial charge in [-0.3, -0.25) is 4.90 Å². The minimum Gasteiger partial charge on any atom is -0.315 e. The van der Waals surface area contributed by atoms with Gasteiger partial charge in [0.15, 0.2) is 0 Å². The molecule has 0 aromatic heterocycles. The molecule has 1 aliphatic rings. The predicted molar refractivity (Wildman–Crippen MR) is 76.6 cm³/mol. The summed E-state index contributed by atoms with van der Waals surface area (Å²) in [4.78, 5) is 2.43. The van der Waals surface area contributed by atoms with Crippen molar-refractivity contribution in [3.8, 4) is 0 Å². The summed E-state index contributed by atoms with van der Waals surface area (Å²) in [5.74, 6) is -0.180. The Morgan fingerprint density at radius 2 is 1.94 bits per heavy atom. The molecule has 0 atom stereocenters. The van der Waals surface area contributed by atoms with Crippen molar-refractivity contribution >= 4 is 18.5 Å². The van der Waals surface area contributed by atoms with Crippen molar-refractivity contribution in [2.75, 3.05) is 32.7 Å². The van der Waals surface area contributed by atoms with E-state index in [2.05, 4.69) is 22.4 Å². The van der Waals surface area contributed by atoms with E-state index in [9.17, 15) is 4.39 Å². The van der Waals surface area contributed by atoms with E-state index in [4.69, 9.17) is 0 Å². The van der Waals surface area contributed by atoms with Gasteiger partial charge < -0.3 is 5.32 Å². The summed E-state index contributed by atoms with van der Waals surface area (Å²) < 4.78 is 12.7. The molecule has 1 aromatic rings. The van der Waals surface area contributed by atoms with Crippen LogP contribution in [-0.2, 0) is 0 Å². The Labute approximate surface area is 114 Å². The summed E-state index contributed by atoms with van der Waals surface area (Å²) in [5, 5.41) is 3.38. The molecule has 4 heteroatoms. The number of halogens is 2. The summed E-state index contributed by atoms with van der Waals surface area (Å²) in [6.07, 6.45) is 5.42. The third-order valence-corrected chi connectivity index (χ3v) is 2.98. The zero-order valence-corrected chi connectivity index (χ0v) is 11.3. The Hall–Kier alpha value is -0.900. The Kier molecular flexibility index (Phi) is 6.94. The second-order valence-corrected chi connectivity index (χ2v) is 4.36. The van der Waals surface area contributed by atoms with Gasteiger partial charge in [0.05, 0.1) is 0 Å². The van der Waals surface area contributed by atoms with Crippen molar-refractivity contribution in [1.82, 2.24) is 10.2 Å². The van der Waals surface area contributed by atoms with Crippen LogP contribution in [0.15, 0.2) is 30.3 Å². The second-order valence-electron chi connectivity index (χ2n) is 4.36. The average molecular weight is 271 g/mol. The molecule has 1 heterocycles. The van der Waals surface area contributed by atoms with Crippen molar-refractivity contribution in [3.63, 3.8) is 0 Å². The van der Waals surface area contributed by atoms with Crippen LogP contribution in [0.3, 0.4) is 0 Å². The molecule has 0 amide bonds. The van der Waals surface area contributed by atoms with Gasteiger partial charge >= 0.3 is 0 Å². The van der Waals surface area contributed by atoms with E-state index in [1.54, 1.807) is 12.1 Å². The van der Waals surface area contributed by atoms with Gasteiger partial charge in [-0.1, -0.05) is 24.3 Å². The minimum atomic E-state index is -0.180. The molecule has 18 heavy (non-hydrogen) atoms. The van der Waals surface area contributed by atoms with Gasteiger partial charge in [-0.05, 0) is 37.2 Å². The number of rotatable bonds is 3. The maximum absolute atomic E-state index is 12.7. The maximum atomic E-state index is 12.7. The molecule has 100 valence electrons.